The number of benzene rings is 1. The molecule has 0 spiro atoms. The average molecular weight is 253 g/mol. The molecule has 0 bridgehead atoms. The Kier molecular flexibility index (Phi) is 5.78. The van der Waals surface area contributed by atoms with Gasteiger partial charge in [-0.15, -0.1) is 0 Å². The Morgan fingerprint density at radius 3 is 2.47 bits per heavy atom. The first-order valence-corrected chi connectivity index (χ1v) is 6.02. The van der Waals surface area contributed by atoms with Crippen molar-refractivity contribution in [3.8, 4) is 5.75 Å². The Hall–Kier alpha value is -1.28. The average Bonchev–Trinajstić information content (AvgIpc) is 2.34. The lowest BCUT2D eigenvalue weighted by atomic mass is 10.1. The SMILES string of the molecule is CC(=O)CCc1ccc(OC/C(C)=C/Cl)cc1. The molecule has 0 heterocycles. The zero-order chi connectivity index (χ0) is 12.7. The molecule has 1 aromatic carbocycles. The van der Waals surface area contributed by atoms with E-state index in [0.29, 0.717) is 13.0 Å². The van der Waals surface area contributed by atoms with Gasteiger partial charge in [-0.05, 0) is 43.5 Å². The van der Waals surface area contributed by atoms with Crippen molar-refractivity contribution in [3.63, 3.8) is 0 Å². The van der Waals surface area contributed by atoms with E-state index < -0.39 is 0 Å². The zero-order valence-electron chi connectivity index (χ0n) is 10.2. The topological polar surface area (TPSA) is 26.3 Å². The number of carbonyl (C=O) groups excluding carboxylic acids is 1. The van der Waals surface area contributed by atoms with Crippen molar-refractivity contribution in [1.29, 1.82) is 0 Å². The Labute approximate surface area is 107 Å². The van der Waals surface area contributed by atoms with Gasteiger partial charge in [-0.2, -0.15) is 0 Å². The van der Waals surface area contributed by atoms with Crippen molar-refractivity contribution < 1.29 is 9.53 Å². The van der Waals surface area contributed by atoms with Crippen LogP contribution in [0.5, 0.6) is 5.75 Å². The molecule has 2 nitrogen and oxygen atoms in total. The van der Waals surface area contributed by atoms with Crippen LogP contribution in [0.1, 0.15) is 25.8 Å². The van der Waals surface area contributed by atoms with Gasteiger partial charge in [0, 0.05) is 12.0 Å². The summed E-state index contributed by atoms with van der Waals surface area (Å²) >= 11 is 5.54. The smallest absolute Gasteiger partial charge is 0.130 e. The van der Waals surface area contributed by atoms with Crippen LogP contribution in [0.15, 0.2) is 35.4 Å². The summed E-state index contributed by atoms with van der Waals surface area (Å²) in [5, 5.41) is 0. The molecule has 0 aliphatic heterocycles. The zero-order valence-corrected chi connectivity index (χ0v) is 11.0. The molecule has 92 valence electrons. The second-order valence-electron chi connectivity index (χ2n) is 4.09. The number of carbonyl (C=O) groups is 1. The maximum Gasteiger partial charge on any atom is 0.130 e. The molecule has 0 radical (unpaired) electrons. The Balaban J connectivity index is 2.47. The molecule has 0 atom stereocenters. The molecule has 0 saturated heterocycles. The number of aryl methyl sites for hydroxylation is 1. The molecule has 0 aliphatic carbocycles. The minimum atomic E-state index is 0.216. The molecule has 1 aromatic rings. The van der Waals surface area contributed by atoms with E-state index in [2.05, 4.69) is 0 Å². The van der Waals surface area contributed by atoms with Crippen molar-refractivity contribution in [2.24, 2.45) is 0 Å². The molecule has 0 N–H and O–H groups in total. The monoisotopic (exact) mass is 252 g/mol. The van der Waals surface area contributed by atoms with Gasteiger partial charge in [0.1, 0.15) is 18.1 Å². The van der Waals surface area contributed by atoms with Crippen molar-refractivity contribution in [2.45, 2.75) is 26.7 Å². The van der Waals surface area contributed by atoms with Crippen LogP contribution in [0.25, 0.3) is 0 Å². The second-order valence-corrected chi connectivity index (χ2v) is 4.31. The number of ether oxygens (including phenoxy) is 1. The number of ketones is 1. The highest BCUT2D eigenvalue weighted by atomic mass is 35.5. The number of halogens is 1. The minimum Gasteiger partial charge on any atom is -0.489 e. The van der Waals surface area contributed by atoms with Gasteiger partial charge in [0.15, 0.2) is 0 Å². The number of rotatable bonds is 6. The second kappa shape index (κ2) is 7.13. The van der Waals surface area contributed by atoms with Crippen LogP contribution in [0.4, 0.5) is 0 Å². The van der Waals surface area contributed by atoms with Crippen molar-refractivity contribution in [2.75, 3.05) is 6.61 Å². The van der Waals surface area contributed by atoms with Crippen molar-refractivity contribution in [3.05, 3.63) is 40.9 Å². The van der Waals surface area contributed by atoms with E-state index in [0.717, 1.165) is 23.3 Å². The lowest BCUT2D eigenvalue weighted by Gasteiger charge is -2.06. The standard InChI is InChI=1S/C14H17ClO2/c1-11(9-15)10-17-14-7-5-13(6-8-14)4-3-12(2)16/h5-9H,3-4,10H2,1-2H3/b11-9+. The molecule has 1 rings (SSSR count). The Morgan fingerprint density at radius 2 is 1.94 bits per heavy atom. The summed E-state index contributed by atoms with van der Waals surface area (Å²) in [6.07, 6.45) is 1.38. The van der Waals surface area contributed by atoms with Crippen LogP contribution < -0.4 is 4.74 Å². The predicted molar refractivity (Wildman–Crippen MR) is 70.5 cm³/mol. The predicted octanol–water partition coefficient (Wildman–Crippen LogP) is 3.73. The Morgan fingerprint density at radius 1 is 1.29 bits per heavy atom. The van der Waals surface area contributed by atoms with E-state index in [4.69, 9.17) is 16.3 Å². The molecule has 0 fully saturated rings. The minimum absolute atomic E-state index is 0.216. The summed E-state index contributed by atoms with van der Waals surface area (Å²) in [7, 11) is 0. The van der Waals surface area contributed by atoms with Gasteiger partial charge in [-0.1, -0.05) is 23.7 Å². The molecule has 0 unspecified atom stereocenters. The van der Waals surface area contributed by atoms with Crippen LogP contribution in [-0.2, 0) is 11.2 Å². The van der Waals surface area contributed by atoms with Gasteiger partial charge in [-0.3, -0.25) is 0 Å². The number of hydrogen-bond donors (Lipinski definition) is 0. The normalized spacial score (nSPS) is 11.4. The van der Waals surface area contributed by atoms with Crippen LogP contribution in [0.2, 0.25) is 0 Å². The maximum atomic E-state index is 10.9. The highest BCUT2D eigenvalue weighted by Crippen LogP contribution is 2.14. The first-order valence-electron chi connectivity index (χ1n) is 5.59. The molecule has 3 heteroatoms. The largest absolute Gasteiger partial charge is 0.489 e. The van der Waals surface area contributed by atoms with Gasteiger partial charge < -0.3 is 9.53 Å². The molecular formula is C14H17ClO2. The van der Waals surface area contributed by atoms with E-state index in [1.807, 2.05) is 31.2 Å². The van der Waals surface area contributed by atoms with E-state index in [-0.39, 0.29) is 5.78 Å². The van der Waals surface area contributed by atoms with Crippen LogP contribution >= 0.6 is 11.6 Å². The quantitative estimate of drug-likeness (QED) is 0.771. The third-order valence-corrected chi connectivity index (χ3v) is 2.71. The fourth-order valence-electron chi connectivity index (χ4n) is 1.30. The first-order chi connectivity index (χ1) is 8.11. The lowest BCUT2D eigenvalue weighted by Crippen LogP contribution is -1.98. The lowest BCUT2D eigenvalue weighted by molar-refractivity contribution is -0.116. The number of hydrogen-bond acceptors (Lipinski definition) is 2. The molecule has 0 amide bonds. The van der Waals surface area contributed by atoms with Crippen LogP contribution in [0.3, 0.4) is 0 Å². The molecule has 17 heavy (non-hydrogen) atoms. The summed E-state index contributed by atoms with van der Waals surface area (Å²) in [6.45, 7) is 4.02. The summed E-state index contributed by atoms with van der Waals surface area (Å²) < 4.78 is 5.52. The van der Waals surface area contributed by atoms with Crippen LogP contribution in [-0.4, -0.2) is 12.4 Å². The number of Topliss-reactive ketones (excluding diaryl/α,β-unsaturated/α-hetero) is 1. The molecular weight excluding hydrogens is 236 g/mol. The summed E-state index contributed by atoms with van der Waals surface area (Å²) in [6, 6.07) is 7.80. The van der Waals surface area contributed by atoms with E-state index in [1.54, 1.807) is 6.92 Å². The van der Waals surface area contributed by atoms with Crippen molar-refractivity contribution in [1.82, 2.24) is 0 Å². The summed E-state index contributed by atoms with van der Waals surface area (Å²) in [4.78, 5) is 10.9. The Bertz CT molecular complexity index is 393. The van der Waals surface area contributed by atoms with Gasteiger partial charge >= 0.3 is 0 Å². The van der Waals surface area contributed by atoms with Gasteiger partial charge in [0.25, 0.3) is 0 Å². The summed E-state index contributed by atoms with van der Waals surface area (Å²) in [5.74, 6) is 1.03. The van der Waals surface area contributed by atoms with E-state index >= 15 is 0 Å². The van der Waals surface area contributed by atoms with Gasteiger partial charge in [0.05, 0.1) is 0 Å². The highest BCUT2D eigenvalue weighted by Gasteiger charge is 1.98. The third kappa shape index (κ3) is 5.55. The fraction of sp³-hybridized carbons (Fsp3) is 0.357. The maximum absolute atomic E-state index is 10.9. The van der Waals surface area contributed by atoms with E-state index in [9.17, 15) is 4.79 Å². The molecule has 0 aromatic heterocycles. The summed E-state index contributed by atoms with van der Waals surface area (Å²) in [5.41, 5.74) is 3.64. The highest BCUT2D eigenvalue weighted by molar-refractivity contribution is 6.25. The molecule has 0 saturated carbocycles. The fourth-order valence-corrected chi connectivity index (χ4v) is 1.36. The third-order valence-electron chi connectivity index (χ3n) is 2.34. The van der Waals surface area contributed by atoms with Crippen molar-refractivity contribution >= 4 is 17.4 Å². The molecule has 0 aliphatic rings. The van der Waals surface area contributed by atoms with Crippen LogP contribution in [0, 0.1) is 0 Å². The van der Waals surface area contributed by atoms with Gasteiger partial charge in [-0.25, -0.2) is 0 Å². The van der Waals surface area contributed by atoms with Gasteiger partial charge in [0.2, 0.25) is 0 Å². The first kappa shape index (κ1) is 13.8. The van der Waals surface area contributed by atoms with E-state index in [1.165, 1.54) is 5.54 Å².